The van der Waals surface area contributed by atoms with E-state index in [1.165, 1.54) is 103 Å². The minimum absolute atomic E-state index is 0.309. The zero-order valence-electron chi connectivity index (χ0n) is 24.4. The van der Waals surface area contributed by atoms with Crippen molar-refractivity contribution in [2.75, 3.05) is 38.6 Å². The number of alkyl halides is 2. The average Bonchev–Trinajstić information content (AvgIpc) is 2.89. The van der Waals surface area contributed by atoms with E-state index in [1.807, 2.05) is 0 Å². The fourth-order valence-electron chi connectivity index (χ4n) is 4.14. The molecule has 0 aromatic rings. The van der Waals surface area contributed by atoms with Gasteiger partial charge in [0, 0.05) is 25.0 Å². The summed E-state index contributed by atoms with van der Waals surface area (Å²) in [5, 5.41) is 0. The Hall–Kier alpha value is -0.0600. The SMILES string of the molecule is CC(C=CCCCCCCCCCCl)CCOCOCOCCC(C)C=CCCCCCCCCCCl. The molecule has 0 fully saturated rings. The summed E-state index contributed by atoms with van der Waals surface area (Å²) >= 11 is 11.4. The molecule has 220 valence electrons. The van der Waals surface area contributed by atoms with Crippen LogP contribution in [-0.4, -0.2) is 38.6 Å². The van der Waals surface area contributed by atoms with Crippen molar-refractivity contribution in [1.29, 1.82) is 0 Å². The number of allylic oxidation sites excluding steroid dienone is 4. The van der Waals surface area contributed by atoms with E-state index >= 15 is 0 Å². The predicted molar refractivity (Wildman–Crippen MR) is 164 cm³/mol. The summed E-state index contributed by atoms with van der Waals surface area (Å²) in [4.78, 5) is 0. The van der Waals surface area contributed by atoms with E-state index in [9.17, 15) is 0 Å². The third-order valence-corrected chi connectivity index (χ3v) is 7.24. The number of unbranched alkanes of at least 4 members (excludes halogenated alkanes) is 14. The van der Waals surface area contributed by atoms with Crippen LogP contribution in [0, 0.1) is 11.8 Å². The molecule has 2 unspecified atom stereocenters. The van der Waals surface area contributed by atoms with E-state index < -0.39 is 0 Å². The molecule has 0 aromatic carbocycles. The predicted octanol–water partition coefficient (Wildman–Crippen LogP) is 10.8. The monoisotopic (exact) mass is 562 g/mol. The van der Waals surface area contributed by atoms with Crippen molar-refractivity contribution in [2.45, 2.75) is 129 Å². The van der Waals surface area contributed by atoms with Crippen LogP contribution in [0.3, 0.4) is 0 Å². The zero-order chi connectivity index (χ0) is 27.1. The third kappa shape index (κ3) is 32.1. The van der Waals surface area contributed by atoms with Crippen LogP contribution in [0.4, 0.5) is 0 Å². The zero-order valence-corrected chi connectivity index (χ0v) is 25.9. The summed E-state index contributed by atoms with van der Waals surface area (Å²) in [5.74, 6) is 2.72. The number of rotatable bonds is 30. The molecule has 0 aliphatic heterocycles. The molecule has 0 saturated heterocycles. The molecule has 3 nitrogen and oxygen atoms in total. The maximum absolute atomic E-state index is 5.71. The first kappa shape index (κ1) is 36.9. The first-order chi connectivity index (χ1) is 18.2. The van der Waals surface area contributed by atoms with Crippen molar-refractivity contribution < 1.29 is 14.2 Å². The lowest BCUT2D eigenvalue weighted by Crippen LogP contribution is -2.08. The number of halogens is 2. The molecule has 37 heavy (non-hydrogen) atoms. The van der Waals surface area contributed by atoms with Crippen LogP contribution in [0.5, 0.6) is 0 Å². The van der Waals surface area contributed by atoms with Gasteiger partial charge in [-0.05, 0) is 63.2 Å². The molecule has 0 amide bonds. The van der Waals surface area contributed by atoms with E-state index in [-0.39, 0.29) is 0 Å². The Morgan fingerprint density at radius 1 is 0.486 bits per heavy atom. The molecule has 2 atom stereocenters. The molecule has 0 bridgehead atoms. The molecule has 0 rings (SSSR count). The van der Waals surface area contributed by atoms with Gasteiger partial charge in [0.25, 0.3) is 0 Å². The van der Waals surface area contributed by atoms with Gasteiger partial charge in [0.05, 0.1) is 0 Å². The van der Waals surface area contributed by atoms with E-state index in [0.717, 1.165) is 37.8 Å². The van der Waals surface area contributed by atoms with Gasteiger partial charge in [0.1, 0.15) is 13.6 Å². The van der Waals surface area contributed by atoms with Crippen LogP contribution >= 0.6 is 23.2 Å². The normalized spacial score (nSPS) is 13.7. The van der Waals surface area contributed by atoms with Crippen LogP contribution in [0.2, 0.25) is 0 Å². The molecule has 5 heteroatoms. The van der Waals surface area contributed by atoms with Gasteiger partial charge in [-0.15, -0.1) is 23.2 Å². The van der Waals surface area contributed by atoms with Crippen LogP contribution in [0.1, 0.15) is 129 Å². The molecule has 0 radical (unpaired) electrons. The number of hydrogen-bond acceptors (Lipinski definition) is 3. The molecule has 0 aromatic heterocycles. The topological polar surface area (TPSA) is 27.7 Å². The van der Waals surface area contributed by atoms with Gasteiger partial charge in [-0.3, -0.25) is 0 Å². The maximum Gasteiger partial charge on any atom is 0.149 e. The van der Waals surface area contributed by atoms with Crippen LogP contribution in [0.25, 0.3) is 0 Å². The summed E-state index contributed by atoms with van der Waals surface area (Å²) in [7, 11) is 0. The molecular formula is C32H60Cl2O3. The lowest BCUT2D eigenvalue weighted by atomic mass is 10.1. The first-order valence-corrected chi connectivity index (χ1v) is 16.5. The molecule has 0 aliphatic rings. The Kier molecular flexibility index (Phi) is 32.1. The van der Waals surface area contributed by atoms with Gasteiger partial charge in [-0.2, -0.15) is 0 Å². The molecule has 0 spiro atoms. The van der Waals surface area contributed by atoms with Gasteiger partial charge >= 0.3 is 0 Å². The van der Waals surface area contributed by atoms with Gasteiger partial charge in [0.15, 0.2) is 0 Å². The Balaban J connectivity index is 3.35. The molecule has 0 aliphatic carbocycles. The standard InChI is InChI=1S/C32H60Cl2O3/c1-31(21-17-13-9-5-3-7-11-15-19-25-33)23-27-35-29-37-30-36-28-24-32(2)22-18-14-10-6-4-8-12-16-20-26-34/h17-18,21-22,31-32H,3-16,19-20,23-30H2,1-2H3. The van der Waals surface area contributed by atoms with E-state index in [0.29, 0.717) is 25.4 Å². The smallest absolute Gasteiger partial charge is 0.149 e. The summed E-state index contributed by atoms with van der Waals surface area (Å²) < 4.78 is 16.6. The minimum Gasteiger partial charge on any atom is -0.355 e. The van der Waals surface area contributed by atoms with Crippen molar-refractivity contribution in [3.63, 3.8) is 0 Å². The Morgan fingerprint density at radius 2 is 0.838 bits per heavy atom. The highest BCUT2D eigenvalue weighted by molar-refractivity contribution is 6.18. The van der Waals surface area contributed by atoms with Crippen molar-refractivity contribution in [3.8, 4) is 0 Å². The Labute approximate surface area is 241 Å². The fourth-order valence-corrected chi connectivity index (χ4v) is 4.52. The van der Waals surface area contributed by atoms with E-state index in [2.05, 4.69) is 38.2 Å². The van der Waals surface area contributed by atoms with Crippen molar-refractivity contribution in [3.05, 3.63) is 24.3 Å². The second-order valence-corrected chi connectivity index (χ2v) is 11.3. The maximum atomic E-state index is 5.71. The summed E-state index contributed by atoms with van der Waals surface area (Å²) in [6, 6.07) is 0. The lowest BCUT2D eigenvalue weighted by molar-refractivity contribution is -0.132. The average molecular weight is 564 g/mol. The highest BCUT2D eigenvalue weighted by Crippen LogP contribution is 2.12. The fraction of sp³-hybridized carbons (Fsp3) is 0.875. The van der Waals surface area contributed by atoms with Crippen LogP contribution < -0.4 is 0 Å². The largest absolute Gasteiger partial charge is 0.355 e. The Morgan fingerprint density at radius 3 is 1.22 bits per heavy atom. The lowest BCUT2D eigenvalue weighted by Gasteiger charge is -2.10. The van der Waals surface area contributed by atoms with Crippen molar-refractivity contribution >= 4 is 23.2 Å². The van der Waals surface area contributed by atoms with Crippen molar-refractivity contribution in [1.82, 2.24) is 0 Å². The van der Waals surface area contributed by atoms with Gasteiger partial charge < -0.3 is 14.2 Å². The van der Waals surface area contributed by atoms with Crippen LogP contribution in [0.15, 0.2) is 24.3 Å². The highest BCUT2D eigenvalue weighted by atomic mass is 35.5. The highest BCUT2D eigenvalue weighted by Gasteiger charge is 1.99. The quantitative estimate of drug-likeness (QED) is 0.0376. The van der Waals surface area contributed by atoms with Gasteiger partial charge in [-0.1, -0.05) is 102 Å². The Bertz CT molecular complexity index is 443. The second-order valence-electron chi connectivity index (χ2n) is 10.5. The first-order valence-electron chi connectivity index (χ1n) is 15.4. The summed E-state index contributed by atoms with van der Waals surface area (Å²) in [5.41, 5.74) is 0. The van der Waals surface area contributed by atoms with E-state index in [4.69, 9.17) is 37.4 Å². The van der Waals surface area contributed by atoms with Gasteiger partial charge in [0.2, 0.25) is 0 Å². The molecule has 0 N–H and O–H groups in total. The van der Waals surface area contributed by atoms with Gasteiger partial charge in [-0.25, -0.2) is 0 Å². The second kappa shape index (κ2) is 32.2. The summed E-state index contributed by atoms with van der Waals surface area (Å²) in [6.07, 6.45) is 32.1. The number of ether oxygens (including phenoxy) is 3. The third-order valence-electron chi connectivity index (χ3n) is 6.71. The molecule has 0 heterocycles. The van der Waals surface area contributed by atoms with E-state index in [1.54, 1.807) is 0 Å². The molecular weight excluding hydrogens is 503 g/mol. The summed E-state index contributed by atoms with van der Waals surface area (Å²) in [6.45, 7) is 6.57. The molecule has 0 saturated carbocycles. The van der Waals surface area contributed by atoms with Crippen LogP contribution in [-0.2, 0) is 14.2 Å². The minimum atomic E-state index is 0.309. The number of hydrogen-bond donors (Lipinski definition) is 0. The van der Waals surface area contributed by atoms with Crippen molar-refractivity contribution in [2.24, 2.45) is 11.8 Å².